The second-order valence-corrected chi connectivity index (χ2v) is 6.38. The van der Waals surface area contributed by atoms with Crippen molar-refractivity contribution in [2.75, 3.05) is 0 Å². The van der Waals surface area contributed by atoms with Gasteiger partial charge in [0.25, 0.3) is 0 Å². The first-order valence-electron chi connectivity index (χ1n) is 6.67. The fourth-order valence-corrected chi connectivity index (χ4v) is 3.45. The van der Waals surface area contributed by atoms with Gasteiger partial charge in [0.1, 0.15) is 0 Å². The fourth-order valence-electron chi connectivity index (χ4n) is 3.45. The van der Waals surface area contributed by atoms with Gasteiger partial charge in [0, 0.05) is 0 Å². The summed E-state index contributed by atoms with van der Waals surface area (Å²) in [4.78, 5) is 0. The summed E-state index contributed by atoms with van der Waals surface area (Å²) in [6.07, 6.45) is -12.0. The van der Waals surface area contributed by atoms with Crippen molar-refractivity contribution < 1.29 is 31.1 Å². The number of hydrogen-bond acceptors (Lipinski definition) is 1. The molecule has 2 saturated heterocycles. The minimum absolute atomic E-state index is 0.00414. The molecule has 2 rings (SSSR count). The molecule has 2 bridgehead atoms. The standard InChI is InChI=1S/C13H18F6O/c1-6-7(2)10-8(4-9(6)20-10)5-11(3,12(14,15)16)13(17,18)19/h6-10H,4-5H2,1-3H3. The largest absolute Gasteiger partial charge is 0.402 e. The van der Waals surface area contributed by atoms with Gasteiger partial charge in [0.2, 0.25) is 0 Å². The van der Waals surface area contributed by atoms with Crippen LogP contribution in [-0.4, -0.2) is 24.6 Å². The zero-order valence-corrected chi connectivity index (χ0v) is 11.5. The molecule has 2 aliphatic heterocycles. The molecule has 0 aromatic carbocycles. The highest BCUT2D eigenvalue weighted by atomic mass is 19.4. The second-order valence-electron chi connectivity index (χ2n) is 6.38. The van der Waals surface area contributed by atoms with Crippen LogP contribution in [0.2, 0.25) is 0 Å². The highest BCUT2D eigenvalue weighted by Gasteiger charge is 2.69. The smallest absolute Gasteiger partial charge is 0.374 e. The first-order valence-corrected chi connectivity index (χ1v) is 6.67. The molecule has 0 spiro atoms. The monoisotopic (exact) mass is 304 g/mol. The summed E-state index contributed by atoms with van der Waals surface area (Å²) >= 11 is 0. The van der Waals surface area contributed by atoms with E-state index in [9.17, 15) is 26.3 Å². The Morgan fingerprint density at radius 2 is 1.45 bits per heavy atom. The Balaban J connectivity index is 2.20. The summed E-state index contributed by atoms with van der Waals surface area (Å²) in [5.74, 6) is -0.483. The van der Waals surface area contributed by atoms with Crippen LogP contribution in [-0.2, 0) is 4.74 Å². The van der Waals surface area contributed by atoms with E-state index >= 15 is 0 Å². The predicted molar refractivity (Wildman–Crippen MR) is 59.9 cm³/mol. The van der Waals surface area contributed by atoms with E-state index < -0.39 is 36.2 Å². The molecular weight excluding hydrogens is 286 g/mol. The van der Waals surface area contributed by atoms with E-state index in [0.717, 1.165) is 0 Å². The van der Waals surface area contributed by atoms with Crippen molar-refractivity contribution in [1.29, 1.82) is 0 Å². The van der Waals surface area contributed by atoms with Crippen molar-refractivity contribution in [2.45, 2.75) is 58.2 Å². The van der Waals surface area contributed by atoms with Crippen molar-refractivity contribution in [3.8, 4) is 0 Å². The lowest BCUT2D eigenvalue weighted by atomic mass is 9.69. The molecule has 1 nitrogen and oxygen atoms in total. The molecule has 7 heteroatoms. The van der Waals surface area contributed by atoms with Crippen molar-refractivity contribution in [2.24, 2.45) is 23.2 Å². The first-order chi connectivity index (χ1) is 8.88. The van der Waals surface area contributed by atoms with Crippen LogP contribution in [0.3, 0.4) is 0 Å². The fraction of sp³-hybridized carbons (Fsp3) is 1.00. The molecule has 2 aliphatic rings. The van der Waals surface area contributed by atoms with Crippen LogP contribution in [0.1, 0.15) is 33.6 Å². The summed E-state index contributed by atoms with van der Waals surface area (Å²) in [5.41, 5.74) is -3.67. The van der Waals surface area contributed by atoms with E-state index in [0.29, 0.717) is 0 Å². The number of ether oxygens (including phenoxy) is 1. The molecule has 0 aliphatic carbocycles. The Bertz CT molecular complexity index is 358. The molecule has 2 fully saturated rings. The van der Waals surface area contributed by atoms with E-state index in [1.807, 2.05) is 13.8 Å². The molecule has 0 saturated carbocycles. The molecule has 0 aromatic heterocycles. The van der Waals surface area contributed by atoms with Crippen LogP contribution < -0.4 is 0 Å². The third-order valence-corrected chi connectivity index (χ3v) is 5.19. The van der Waals surface area contributed by atoms with E-state index in [-0.39, 0.29) is 31.3 Å². The number of alkyl halides is 6. The van der Waals surface area contributed by atoms with Crippen LogP contribution in [0.25, 0.3) is 0 Å². The third kappa shape index (κ3) is 2.22. The number of hydrogen-bond donors (Lipinski definition) is 0. The van der Waals surface area contributed by atoms with E-state index in [4.69, 9.17) is 4.74 Å². The SMILES string of the molecule is CC1C2CC(CC(C)(C(F)(F)F)C(F)(F)F)C(O2)C1C. The second kappa shape index (κ2) is 4.52. The Morgan fingerprint density at radius 3 is 1.80 bits per heavy atom. The highest BCUT2D eigenvalue weighted by Crippen LogP contribution is 2.57. The van der Waals surface area contributed by atoms with Crippen LogP contribution in [0.15, 0.2) is 0 Å². The normalized spacial score (nSPS) is 38.5. The Morgan fingerprint density at radius 1 is 0.950 bits per heavy atom. The van der Waals surface area contributed by atoms with E-state index in [1.54, 1.807) is 0 Å². The van der Waals surface area contributed by atoms with Gasteiger partial charge in [-0.3, -0.25) is 0 Å². The molecular formula is C13H18F6O. The average molecular weight is 304 g/mol. The molecule has 5 atom stereocenters. The molecule has 0 aromatic rings. The lowest BCUT2D eigenvalue weighted by Gasteiger charge is -2.38. The predicted octanol–water partition coefficient (Wildman–Crippen LogP) is 4.57. The Hall–Kier alpha value is -0.460. The lowest BCUT2D eigenvalue weighted by Crippen LogP contribution is -2.50. The van der Waals surface area contributed by atoms with Crippen LogP contribution in [0.4, 0.5) is 26.3 Å². The topological polar surface area (TPSA) is 9.23 Å². The maximum atomic E-state index is 12.9. The molecule has 0 N–H and O–H groups in total. The summed E-state index contributed by atoms with van der Waals surface area (Å²) in [5, 5.41) is 0. The van der Waals surface area contributed by atoms with Gasteiger partial charge in [-0.2, -0.15) is 26.3 Å². The molecule has 0 amide bonds. The van der Waals surface area contributed by atoms with Gasteiger partial charge in [-0.15, -0.1) is 0 Å². The van der Waals surface area contributed by atoms with Crippen molar-refractivity contribution in [3.05, 3.63) is 0 Å². The molecule has 20 heavy (non-hydrogen) atoms. The zero-order valence-electron chi connectivity index (χ0n) is 11.5. The minimum Gasteiger partial charge on any atom is -0.374 e. The van der Waals surface area contributed by atoms with E-state index in [1.165, 1.54) is 0 Å². The summed E-state index contributed by atoms with van der Waals surface area (Å²) in [6.45, 7) is 4.02. The quantitative estimate of drug-likeness (QED) is 0.679. The summed E-state index contributed by atoms with van der Waals surface area (Å²) in [6, 6.07) is 0. The summed E-state index contributed by atoms with van der Waals surface area (Å²) in [7, 11) is 0. The van der Waals surface area contributed by atoms with E-state index in [2.05, 4.69) is 0 Å². The minimum atomic E-state index is -5.30. The number of fused-ring (bicyclic) bond motifs is 2. The Labute approximate surface area is 113 Å². The summed E-state index contributed by atoms with van der Waals surface area (Å²) < 4.78 is 83.0. The van der Waals surface area contributed by atoms with Gasteiger partial charge in [-0.1, -0.05) is 13.8 Å². The first kappa shape index (κ1) is 15.9. The number of rotatable bonds is 2. The van der Waals surface area contributed by atoms with Crippen LogP contribution in [0.5, 0.6) is 0 Å². The molecule has 2 heterocycles. The third-order valence-electron chi connectivity index (χ3n) is 5.19. The van der Waals surface area contributed by atoms with Gasteiger partial charge in [0.05, 0.1) is 12.2 Å². The highest BCUT2D eigenvalue weighted by molar-refractivity contribution is 5.01. The van der Waals surface area contributed by atoms with Crippen LogP contribution in [0, 0.1) is 23.2 Å². The average Bonchev–Trinajstić information content (AvgIpc) is 2.77. The maximum absolute atomic E-state index is 12.9. The van der Waals surface area contributed by atoms with Crippen molar-refractivity contribution in [1.82, 2.24) is 0 Å². The van der Waals surface area contributed by atoms with Crippen molar-refractivity contribution >= 4 is 0 Å². The molecule has 5 unspecified atom stereocenters. The van der Waals surface area contributed by atoms with Gasteiger partial charge >= 0.3 is 12.4 Å². The number of halogens is 6. The van der Waals surface area contributed by atoms with Crippen molar-refractivity contribution in [3.63, 3.8) is 0 Å². The zero-order chi connectivity index (χ0) is 15.5. The molecule has 0 radical (unpaired) electrons. The van der Waals surface area contributed by atoms with Gasteiger partial charge in [-0.05, 0) is 37.5 Å². The van der Waals surface area contributed by atoms with Crippen LogP contribution >= 0.6 is 0 Å². The maximum Gasteiger partial charge on any atom is 0.402 e. The van der Waals surface area contributed by atoms with Gasteiger partial charge in [-0.25, -0.2) is 0 Å². The Kier molecular flexibility index (Phi) is 3.59. The lowest BCUT2D eigenvalue weighted by molar-refractivity contribution is -0.340. The van der Waals surface area contributed by atoms with Gasteiger partial charge in [0.15, 0.2) is 5.41 Å². The van der Waals surface area contributed by atoms with Gasteiger partial charge < -0.3 is 4.74 Å². The molecule has 118 valence electrons.